The van der Waals surface area contributed by atoms with Gasteiger partial charge in [-0.05, 0) is 30.6 Å². The third-order valence-electron chi connectivity index (χ3n) is 2.35. The Labute approximate surface area is 116 Å². The number of benzene rings is 1. The Kier molecular flexibility index (Phi) is 4.03. The summed E-state index contributed by atoms with van der Waals surface area (Å²) in [6.07, 6.45) is -4.38. The summed E-state index contributed by atoms with van der Waals surface area (Å²) in [5.41, 5.74) is -0.341. The first-order chi connectivity index (χ1) is 9.41. The average Bonchev–Trinajstić information content (AvgIpc) is 2.88. The normalized spacial score (nSPS) is 11.4. The van der Waals surface area contributed by atoms with Crippen molar-refractivity contribution in [2.45, 2.75) is 13.1 Å². The van der Waals surface area contributed by atoms with E-state index in [1.54, 1.807) is 6.92 Å². The number of hydrogen-bond donors (Lipinski definition) is 0. The third-order valence-corrected chi connectivity index (χ3v) is 3.04. The van der Waals surface area contributed by atoms with Crippen molar-refractivity contribution in [1.29, 1.82) is 0 Å². The highest BCUT2D eigenvalue weighted by molar-refractivity contribution is 7.07. The molecule has 20 heavy (non-hydrogen) atoms. The van der Waals surface area contributed by atoms with Crippen LogP contribution in [0.3, 0.4) is 0 Å². The number of esters is 1. The van der Waals surface area contributed by atoms with E-state index >= 15 is 0 Å². The van der Waals surface area contributed by atoms with Crippen molar-refractivity contribution in [3.05, 3.63) is 34.8 Å². The maximum absolute atomic E-state index is 12.4. The fraction of sp³-hybridized carbons (Fsp3) is 0.250. The fourth-order valence-corrected chi connectivity index (χ4v) is 2.00. The van der Waals surface area contributed by atoms with Gasteiger partial charge in [-0.25, -0.2) is 9.78 Å². The van der Waals surface area contributed by atoms with Crippen LogP contribution in [0.4, 0.5) is 13.2 Å². The van der Waals surface area contributed by atoms with Gasteiger partial charge in [0.2, 0.25) is 5.01 Å². The van der Waals surface area contributed by atoms with E-state index in [4.69, 9.17) is 4.74 Å². The number of ether oxygens (including phenoxy) is 1. The standard InChI is InChI=1S/C12H9F3N2O2S/c1-2-19-11(18)10-16-9(17-20-10)7-3-5-8(6-4-7)12(13,14)15/h3-6H,2H2,1H3. The predicted molar refractivity (Wildman–Crippen MR) is 66.3 cm³/mol. The topological polar surface area (TPSA) is 52.1 Å². The maximum Gasteiger partial charge on any atom is 0.416 e. The van der Waals surface area contributed by atoms with Crippen LogP contribution in [0.1, 0.15) is 22.3 Å². The van der Waals surface area contributed by atoms with Gasteiger partial charge in [0.1, 0.15) is 0 Å². The van der Waals surface area contributed by atoms with E-state index in [0.717, 1.165) is 23.7 Å². The van der Waals surface area contributed by atoms with Gasteiger partial charge in [0.05, 0.1) is 12.2 Å². The summed E-state index contributed by atoms with van der Waals surface area (Å²) in [5.74, 6) is -0.394. The van der Waals surface area contributed by atoms with Crippen molar-refractivity contribution in [3.8, 4) is 11.4 Å². The van der Waals surface area contributed by atoms with E-state index in [1.807, 2.05) is 0 Å². The lowest BCUT2D eigenvalue weighted by Crippen LogP contribution is -2.04. The molecule has 0 fully saturated rings. The van der Waals surface area contributed by atoms with E-state index < -0.39 is 17.7 Å². The number of carbonyl (C=O) groups excluding carboxylic acids is 1. The SMILES string of the molecule is CCOC(=O)c1nc(-c2ccc(C(F)(F)F)cc2)ns1. The van der Waals surface area contributed by atoms with Crippen LogP contribution in [-0.4, -0.2) is 21.9 Å². The quantitative estimate of drug-likeness (QED) is 0.815. The second kappa shape index (κ2) is 5.58. The highest BCUT2D eigenvalue weighted by Gasteiger charge is 2.30. The summed E-state index contributed by atoms with van der Waals surface area (Å²) in [5, 5.41) is 0.0711. The predicted octanol–water partition coefficient (Wildman–Crippen LogP) is 3.40. The molecule has 1 heterocycles. The van der Waals surface area contributed by atoms with Gasteiger partial charge in [0.25, 0.3) is 0 Å². The van der Waals surface area contributed by atoms with E-state index in [1.165, 1.54) is 12.1 Å². The smallest absolute Gasteiger partial charge is 0.416 e. The van der Waals surface area contributed by atoms with Gasteiger partial charge >= 0.3 is 12.1 Å². The van der Waals surface area contributed by atoms with Gasteiger partial charge in [-0.1, -0.05) is 12.1 Å². The average molecular weight is 302 g/mol. The van der Waals surface area contributed by atoms with Gasteiger partial charge < -0.3 is 4.74 Å². The van der Waals surface area contributed by atoms with Crippen molar-refractivity contribution in [2.75, 3.05) is 6.61 Å². The Morgan fingerprint density at radius 3 is 2.50 bits per heavy atom. The first-order valence-electron chi connectivity index (χ1n) is 5.60. The third kappa shape index (κ3) is 3.13. The lowest BCUT2D eigenvalue weighted by Gasteiger charge is -2.06. The Hall–Kier alpha value is -1.96. The van der Waals surface area contributed by atoms with E-state index in [2.05, 4.69) is 9.36 Å². The van der Waals surface area contributed by atoms with Crippen molar-refractivity contribution >= 4 is 17.5 Å². The molecule has 106 valence electrons. The minimum atomic E-state index is -4.38. The van der Waals surface area contributed by atoms with E-state index in [-0.39, 0.29) is 17.4 Å². The maximum atomic E-state index is 12.4. The number of halogens is 3. The van der Waals surface area contributed by atoms with Crippen LogP contribution in [0, 0.1) is 0 Å². The minimum Gasteiger partial charge on any atom is -0.461 e. The summed E-state index contributed by atoms with van der Waals surface area (Å²) in [4.78, 5) is 15.4. The van der Waals surface area contributed by atoms with Crippen molar-refractivity contribution in [3.63, 3.8) is 0 Å². The summed E-state index contributed by atoms with van der Waals surface area (Å²) in [7, 11) is 0. The first-order valence-corrected chi connectivity index (χ1v) is 6.37. The van der Waals surface area contributed by atoms with Crippen LogP contribution in [0.25, 0.3) is 11.4 Å². The molecule has 2 aromatic rings. The number of rotatable bonds is 3. The number of carbonyl (C=O) groups is 1. The number of aromatic nitrogens is 2. The molecule has 0 amide bonds. The Morgan fingerprint density at radius 2 is 1.95 bits per heavy atom. The zero-order valence-electron chi connectivity index (χ0n) is 10.3. The second-order valence-corrected chi connectivity index (χ2v) is 4.47. The van der Waals surface area contributed by atoms with Gasteiger partial charge in [-0.3, -0.25) is 0 Å². The monoisotopic (exact) mass is 302 g/mol. The molecule has 0 atom stereocenters. The van der Waals surface area contributed by atoms with Crippen LogP contribution < -0.4 is 0 Å². The largest absolute Gasteiger partial charge is 0.461 e. The molecule has 0 aliphatic rings. The highest BCUT2D eigenvalue weighted by Crippen LogP contribution is 2.30. The van der Waals surface area contributed by atoms with Gasteiger partial charge in [-0.15, -0.1) is 0 Å². The molecule has 0 N–H and O–H groups in total. The second-order valence-electron chi connectivity index (χ2n) is 3.72. The van der Waals surface area contributed by atoms with E-state index in [0.29, 0.717) is 5.56 Å². The zero-order valence-corrected chi connectivity index (χ0v) is 11.1. The highest BCUT2D eigenvalue weighted by atomic mass is 32.1. The molecule has 0 saturated heterocycles. The molecule has 2 rings (SSSR count). The fourth-order valence-electron chi connectivity index (χ4n) is 1.42. The minimum absolute atomic E-state index is 0.0711. The van der Waals surface area contributed by atoms with E-state index in [9.17, 15) is 18.0 Å². The molecular formula is C12H9F3N2O2S. The number of hydrogen-bond acceptors (Lipinski definition) is 5. The molecule has 8 heteroatoms. The van der Waals surface area contributed by atoms with Crippen LogP contribution >= 0.6 is 11.5 Å². The molecule has 0 aliphatic carbocycles. The van der Waals surface area contributed by atoms with Gasteiger partial charge in [0.15, 0.2) is 5.82 Å². The summed E-state index contributed by atoms with van der Waals surface area (Å²) in [6, 6.07) is 4.42. The molecule has 0 aliphatic heterocycles. The molecule has 0 saturated carbocycles. The molecule has 0 bridgehead atoms. The number of nitrogens with zero attached hydrogens (tertiary/aromatic N) is 2. The summed E-state index contributed by atoms with van der Waals surface area (Å²) >= 11 is 0.844. The van der Waals surface area contributed by atoms with Crippen molar-refractivity contribution < 1.29 is 22.7 Å². The Bertz CT molecular complexity index is 608. The number of alkyl halides is 3. The molecule has 4 nitrogen and oxygen atoms in total. The molecule has 0 spiro atoms. The molecule has 0 radical (unpaired) electrons. The lowest BCUT2D eigenvalue weighted by atomic mass is 10.1. The van der Waals surface area contributed by atoms with Crippen LogP contribution in [0.5, 0.6) is 0 Å². The van der Waals surface area contributed by atoms with Crippen LogP contribution in [-0.2, 0) is 10.9 Å². The first kappa shape index (κ1) is 14.4. The summed E-state index contributed by atoms with van der Waals surface area (Å²) in [6.45, 7) is 1.88. The summed E-state index contributed by atoms with van der Waals surface area (Å²) < 4.78 is 46.0. The molecular weight excluding hydrogens is 293 g/mol. The molecule has 1 aromatic heterocycles. The Morgan fingerprint density at radius 1 is 1.30 bits per heavy atom. The van der Waals surface area contributed by atoms with Crippen molar-refractivity contribution in [2.24, 2.45) is 0 Å². The van der Waals surface area contributed by atoms with Crippen LogP contribution in [0.15, 0.2) is 24.3 Å². The zero-order chi connectivity index (χ0) is 14.8. The molecule has 1 aromatic carbocycles. The van der Waals surface area contributed by atoms with Gasteiger partial charge in [0, 0.05) is 5.56 Å². The Balaban J connectivity index is 2.22. The lowest BCUT2D eigenvalue weighted by molar-refractivity contribution is -0.137. The van der Waals surface area contributed by atoms with Gasteiger partial charge in [-0.2, -0.15) is 17.5 Å². The van der Waals surface area contributed by atoms with Crippen LogP contribution in [0.2, 0.25) is 0 Å². The van der Waals surface area contributed by atoms with Crippen molar-refractivity contribution in [1.82, 2.24) is 9.36 Å². The molecule has 0 unspecified atom stereocenters.